The maximum atomic E-state index is 11.9. The van der Waals surface area contributed by atoms with Gasteiger partial charge in [-0.2, -0.15) is 0 Å². The lowest BCUT2D eigenvalue weighted by molar-refractivity contribution is 0.344. The minimum atomic E-state index is -0.0665. The molecule has 2 rings (SSSR count). The second-order valence-electron chi connectivity index (χ2n) is 5.46. The van der Waals surface area contributed by atoms with Gasteiger partial charge in [-0.15, -0.1) is 0 Å². The van der Waals surface area contributed by atoms with E-state index in [4.69, 9.17) is 4.74 Å². The van der Waals surface area contributed by atoms with E-state index in [1.54, 1.807) is 11.7 Å². The van der Waals surface area contributed by atoms with Crippen LogP contribution in [0.4, 0.5) is 0 Å². The highest BCUT2D eigenvalue weighted by Gasteiger charge is 2.15. The Morgan fingerprint density at radius 2 is 2.06 bits per heavy atom. The summed E-state index contributed by atoms with van der Waals surface area (Å²) in [6.07, 6.45) is 0. The molecule has 0 amide bonds. The summed E-state index contributed by atoms with van der Waals surface area (Å²) in [6, 6.07) is 5.63. The molecule has 0 saturated carbocycles. The van der Waals surface area contributed by atoms with Crippen LogP contribution in [0.2, 0.25) is 0 Å². The molecule has 1 heterocycles. The van der Waals surface area contributed by atoms with E-state index in [1.165, 1.54) is 0 Å². The zero-order valence-electron chi connectivity index (χ0n) is 10.7. The topological polar surface area (TPSA) is 47.0 Å². The highest BCUT2D eigenvalue weighted by Crippen LogP contribution is 2.21. The lowest BCUT2D eigenvalue weighted by atomic mass is 9.97. The molecule has 0 aliphatic heterocycles. The smallest absolute Gasteiger partial charge is 0.326 e. The summed E-state index contributed by atoms with van der Waals surface area (Å²) in [6.45, 7) is 7.03. The van der Waals surface area contributed by atoms with Gasteiger partial charge in [0.1, 0.15) is 5.75 Å². The number of fused-ring (bicyclic) bond motifs is 1. The average molecular weight is 234 g/mol. The first-order valence-electron chi connectivity index (χ1n) is 5.67. The number of hydrogen-bond acceptors (Lipinski definition) is 2. The first-order chi connectivity index (χ1) is 7.90. The van der Waals surface area contributed by atoms with Crippen LogP contribution in [0.15, 0.2) is 23.0 Å². The van der Waals surface area contributed by atoms with Crippen molar-refractivity contribution in [2.45, 2.75) is 27.3 Å². The number of aromatic amines is 1. The third-order valence-electron chi connectivity index (χ3n) is 2.61. The Kier molecular flexibility index (Phi) is 2.73. The second-order valence-corrected chi connectivity index (χ2v) is 5.46. The number of nitrogens with zero attached hydrogens (tertiary/aromatic N) is 1. The van der Waals surface area contributed by atoms with Crippen LogP contribution in [-0.2, 0) is 6.54 Å². The molecule has 0 unspecified atom stereocenters. The lowest BCUT2D eigenvalue weighted by Crippen LogP contribution is -2.24. The first kappa shape index (κ1) is 11.8. The van der Waals surface area contributed by atoms with Gasteiger partial charge in [-0.25, -0.2) is 4.79 Å². The Hall–Kier alpha value is -1.71. The number of rotatable bonds is 2. The van der Waals surface area contributed by atoms with Crippen molar-refractivity contribution in [1.29, 1.82) is 0 Å². The van der Waals surface area contributed by atoms with E-state index in [2.05, 4.69) is 25.8 Å². The first-order valence-corrected chi connectivity index (χ1v) is 5.67. The van der Waals surface area contributed by atoms with Crippen LogP contribution in [0.5, 0.6) is 5.75 Å². The summed E-state index contributed by atoms with van der Waals surface area (Å²) in [7, 11) is 1.62. The predicted octanol–water partition coefficient (Wildman–Crippen LogP) is 2.38. The summed E-state index contributed by atoms with van der Waals surface area (Å²) in [5.74, 6) is 0.752. The Morgan fingerprint density at radius 3 is 2.65 bits per heavy atom. The monoisotopic (exact) mass is 234 g/mol. The van der Waals surface area contributed by atoms with Gasteiger partial charge in [0.15, 0.2) is 0 Å². The van der Waals surface area contributed by atoms with Gasteiger partial charge in [-0.3, -0.25) is 4.57 Å². The fraction of sp³-hybridized carbons (Fsp3) is 0.462. The minimum Gasteiger partial charge on any atom is -0.497 e. The van der Waals surface area contributed by atoms with E-state index in [1.807, 2.05) is 18.2 Å². The maximum absolute atomic E-state index is 11.9. The second kappa shape index (κ2) is 3.95. The van der Waals surface area contributed by atoms with Crippen LogP contribution in [0, 0.1) is 5.41 Å². The Balaban J connectivity index is 2.57. The van der Waals surface area contributed by atoms with Crippen LogP contribution in [0.3, 0.4) is 0 Å². The summed E-state index contributed by atoms with van der Waals surface area (Å²) in [4.78, 5) is 14.7. The molecule has 17 heavy (non-hydrogen) atoms. The van der Waals surface area contributed by atoms with E-state index >= 15 is 0 Å². The summed E-state index contributed by atoms with van der Waals surface area (Å²) < 4.78 is 6.91. The Bertz CT molecular complexity index is 587. The van der Waals surface area contributed by atoms with Gasteiger partial charge in [0, 0.05) is 12.6 Å². The SMILES string of the molecule is COc1ccc2c(c1)[nH]c(=O)n2CC(C)(C)C. The molecule has 4 nitrogen and oxygen atoms in total. The van der Waals surface area contributed by atoms with Gasteiger partial charge >= 0.3 is 5.69 Å². The Labute approximate surface area is 100 Å². The van der Waals surface area contributed by atoms with Crippen LogP contribution in [0.1, 0.15) is 20.8 Å². The number of H-pyrrole nitrogens is 1. The minimum absolute atomic E-state index is 0.0665. The summed E-state index contributed by atoms with van der Waals surface area (Å²) in [5.41, 5.74) is 1.74. The van der Waals surface area contributed by atoms with Crippen LogP contribution in [0.25, 0.3) is 11.0 Å². The van der Waals surface area contributed by atoms with Crippen molar-refractivity contribution >= 4 is 11.0 Å². The van der Waals surface area contributed by atoms with E-state index in [0.29, 0.717) is 6.54 Å². The lowest BCUT2D eigenvalue weighted by Gasteiger charge is -2.18. The number of aromatic nitrogens is 2. The third kappa shape index (κ3) is 2.35. The van der Waals surface area contributed by atoms with Crippen LogP contribution >= 0.6 is 0 Å². The molecular formula is C13H18N2O2. The van der Waals surface area contributed by atoms with E-state index in [-0.39, 0.29) is 11.1 Å². The molecule has 0 radical (unpaired) electrons. The van der Waals surface area contributed by atoms with Crippen molar-refractivity contribution in [3.05, 3.63) is 28.7 Å². The van der Waals surface area contributed by atoms with Crippen molar-refractivity contribution in [1.82, 2.24) is 9.55 Å². The molecule has 0 aliphatic carbocycles. The van der Waals surface area contributed by atoms with Crippen molar-refractivity contribution < 1.29 is 4.74 Å². The van der Waals surface area contributed by atoms with Gasteiger partial charge in [-0.05, 0) is 17.5 Å². The van der Waals surface area contributed by atoms with Crippen LogP contribution in [-0.4, -0.2) is 16.7 Å². The van der Waals surface area contributed by atoms with Crippen molar-refractivity contribution in [3.63, 3.8) is 0 Å². The quantitative estimate of drug-likeness (QED) is 0.867. The number of imidazole rings is 1. The molecule has 92 valence electrons. The number of nitrogens with one attached hydrogen (secondary N) is 1. The van der Waals surface area contributed by atoms with Gasteiger partial charge in [0.05, 0.1) is 18.1 Å². The van der Waals surface area contributed by atoms with Crippen molar-refractivity contribution in [2.75, 3.05) is 7.11 Å². The van der Waals surface area contributed by atoms with Gasteiger partial charge in [-0.1, -0.05) is 20.8 Å². The molecule has 0 spiro atoms. The molecule has 4 heteroatoms. The molecule has 1 aromatic heterocycles. The van der Waals surface area contributed by atoms with E-state index in [9.17, 15) is 4.79 Å². The maximum Gasteiger partial charge on any atom is 0.326 e. The van der Waals surface area contributed by atoms with Crippen LogP contribution < -0.4 is 10.4 Å². The number of hydrogen-bond donors (Lipinski definition) is 1. The molecular weight excluding hydrogens is 216 g/mol. The van der Waals surface area contributed by atoms with Gasteiger partial charge < -0.3 is 9.72 Å². The molecule has 0 aliphatic rings. The van der Waals surface area contributed by atoms with Gasteiger partial charge in [0.2, 0.25) is 0 Å². The van der Waals surface area contributed by atoms with E-state index in [0.717, 1.165) is 16.8 Å². The standard InChI is InChI=1S/C13H18N2O2/c1-13(2,3)8-15-11-6-5-9(17-4)7-10(11)14-12(15)16/h5-7H,8H2,1-4H3,(H,14,16). The van der Waals surface area contributed by atoms with Crippen molar-refractivity contribution in [3.8, 4) is 5.75 Å². The largest absolute Gasteiger partial charge is 0.497 e. The molecule has 0 fully saturated rings. The number of benzene rings is 1. The van der Waals surface area contributed by atoms with Gasteiger partial charge in [0.25, 0.3) is 0 Å². The molecule has 1 N–H and O–H groups in total. The molecule has 0 atom stereocenters. The summed E-state index contributed by atoms with van der Waals surface area (Å²) in [5, 5.41) is 0. The highest BCUT2D eigenvalue weighted by molar-refractivity contribution is 5.76. The van der Waals surface area contributed by atoms with Crippen molar-refractivity contribution in [2.24, 2.45) is 5.41 Å². The predicted molar refractivity (Wildman–Crippen MR) is 68.6 cm³/mol. The third-order valence-corrected chi connectivity index (χ3v) is 2.61. The fourth-order valence-corrected chi connectivity index (χ4v) is 1.90. The number of methoxy groups -OCH3 is 1. The molecule has 1 aromatic carbocycles. The average Bonchev–Trinajstić information content (AvgIpc) is 2.52. The van der Waals surface area contributed by atoms with E-state index < -0.39 is 0 Å². The zero-order chi connectivity index (χ0) is 12.6. The summed E-state index contributed by atoms with van der Waals surface area (Å²) >= 11 is 0. The molecule has 0 saturated heterocycles. The molecule has 2 aromatic rings. The number of ether oxygens (including phenoxy) is 1. The molecule has 0 bridgehead atoms. The fourth-order valence-electron chi connectivity index (χ4n) is 1.90. The Morgan fingerprint density at radius 1 is 1.35 bits per heavy atom. The normalized spacial score (nSPS) is 12.0. The zero-order valence-corrected chi connectivity index (χ0v) is 10.7. The highest BCUT2D eigenvalue weighted by atomic mass is 16.5.